The predicted molar refractivity (Wildman–Crippen MR) is 77.8 cm³/mol. The van der Waals surface area contributed by atoms with Crippen LogP contribution in [0.2, 0.25) is 0 Å². The number of halogens is 3. The van der Waals surface area contributed by atoms with Crippen molar-refractivity contribution in [2.75, 3.05) is 0 Å². The van der Waals surface area contributed by atoms with Crippen molar-refractivity contribution in [2.45, 2.75) is 6.18 Å². The quantitative estimate of drug-likeness (QED) is 0.569. The number of aromatic amines is 1. The maximum absolute atomic E-state index is 12.6. The Morgan fingerprint density at radius 2 is 1.84 bits per heavy atom. The van der Waals surface area contributed by atoms with Gasteiger partial charge in [0.05, 0.1) is 16.1 Å². The molecule has 0 aliphatic rings. The second kappa shape index (κ2) is 6.19. The van der Waals surface area contributed by atoms with Crippen LogP contribution in [-0.4, -0.2) is 25.5 Å². The Labute approximate surface area is 137 Å². The standard InChI is InChI=1S/C14H8F3N5O3/c15-14(16,17)8-1-4-10(5-2-8)25-12-6-3-9(22(23)24)7-11(12)13-18-20-21-19-13/h1-7H,(H,18,19,20,21). The average Bonchev–Trinajstić information content (AvgIpc) is 3.09. The Hall–Kier alpha value is -3.50. The number of hydrogen-bond acceptors (Lipinski definition) is 6. The van der Waals surface area contributed by atoms with Gasteiger partial charge < -0.3 is 4.74 Å². The van der Waals surface area contributed by atoms with Gasteiger partial charge in [0.1, 0.15) is 11.5 Å². The summed E-state index contributed by atoms with van der Waals surface area (Å²) in [6, 6.07) is 7.72. The third kappa shape index (κ3) is 3.54. The lowest BCUT2D eigenvalue weighted by Gasteiger charge is -2.11. The molecule has 0 atom stereocenters. The molecule has 0 saturated carbocycles. The third-order valence-electron chi connectivity index (χ3n) is 3.17. The first kappa shape index (κ1) is 16.4. The van der Waals surface area contributed by atoms with Gasteiger partial charge in [0.15, 0.2) is 0 Å². The van der Waals surface area contributed by atoms with Gasteiger partial charge in [-0.25, -0.2) is 0 Å². The Morgan fingerprint density at radius 1 is 1.12 bits per heavy atom. The van der Waals surface area contributed by atoms with Gasteiger partial charge in [-0.05, 0) is 35.5 Å². The number of alkyl halides is 3. The zero-order valence-corrected chi connectivity index (χ0v) is 12.2. The minimum absolute atomic E-state index is 0.0469. The zero-order valence-electron chi connectivity index (χ0n) is 12.2. The number of benzene rings is 2. The van der Waals surface area contributed by atoms with Crippen molar-refractivity contribution in [1.29, 1.82) is 0 Å². The SMILES string of the molecule is O=[N+]([O-])c1ccc(Oc2ccc(C(F)(F)F)cc2)c(-c2nn[nH]n2)c1. The molecular weight excluding hydrogens is 343 g/mol. The molecule has 1 aromatic heterocycles. The van der Waals surface area contributed by atoms with E-state index in [1.54, 1.807) is 0 Å². The minimum Gasteiger partial charge on any atom is -0.457 e. The molecule has 2 aromatic carbocycles. The van der Waals surface area contributed by atoms with E-state index in [0.717, 1.165) is 24.3 Å². The monoisotopic (exact) mass is 351 g/mol. The van der Waals surface area contributed by atoms with Crippen LogP contribution in [0, 0.1) is 10.1 Å². The van der Waals surface area contributed by atoms with E-state index in [9.17, 15) is 23.3 Å². The molecule has 3 rings (SSSR count). The number of nitrogens with one attached hydrogen (secondary N) is 1. The Bertz CT molecular complexity index is 895. The number of hydrogen-bond donors (Lipinski definition) is 1. The molecule has 0 saturated heterocycles. The van der Waals surface area contributed by atoms with Gasteiger partial charge in [-0.3, -0.25) is 10.1 Å². The highest BCUT2D eigenvalue weighted by Gasteiger charge is 2.30. The summed E-state index contributed by atoms with van der Waals surface area (Å²) in [7, 11) is 0. The second-order valence-corrected chi connectivity index (χ2v) is 4.80. The van der Waals surface area contributed by atoms with Crippen LogP contribution in [0.1, 0.15) is 5.56 Å². The van der Waals surface area contributed by atoms with Gasteiger partial charge >= 0.3 is 6.18 Å². The number of nitro benzene ring substituents is 1. The lowest BCUT2D eigenvalue weighted by molar-refractivity contribution is -0.384. The van der Waals surface area contributed by atoms with Crippen LogP contribution in [-0.2, 0) is 6.18 Å². The van der Waals surface area contributed by atoms with Crippen LogP contribution in [0.15, 0.2) is 42.5 Å². The smallest absolute Gasteiger partial charge is 0.416 e. The highest BCUT2D eigenvalue weighted by atomic mass is 19.4. The highest BCUT2D eigenvalue weighted by molar-refractivity contribution is 5.67. The van der Waals surface area contributed by atoms with Crippen molar-refractivity contribution in [1.82, 2.24) is 20.6 Å². The van der Waals surface area contributed by atoms with Crippen molar-refractivity contribution in [3.05, 3.63) is 58.1 Å². The molecule has 0 radical (unpaired) electrons. The summed E-state index contributed by atoms with van der Waals surface area (Å²) < 4.78 is 43.3. The normalized spacial score (nSPS) is 11.3. The molecule has 128 valence electrons. The second-order valence-electron chi connectivity index (χ2n) is 4.80. The maximum atomic E-state index is 12.6. The van der Waals surface area contributed by atoms with Crippen LogP contribution in [0.5, 0.6) is 11.5 Å². The van der Waals surface area contributed by atoms with E-state index in [-0.39, 0.29) is 28.6 Å². The van der Waals surface area contributed by atoms with Gasteiger partial charge in [-0.1, -0.05) is 0 Å². The number of aromatic nitrogens is 4. The first-order valence-electron chi connectivity index (χ1n) is 6.72. The van der Waals surface area contributed by atoms with Crippen molar-refractivity contribution < 1.29 is 22.8 Å². The number of H-pyrrole nitrogens is 1. The summed E-state index contributed by atoms with van der Waals surface area (Å²) in [5, 5.41) is 24.0. The molecule has 0 unspecified atom stereocenters. The fraction of sp³-hybridized carbons (Fsp3) is 0.0714. The van der Waals surface area contributed by atoms with Gasteiger partial charge in [0, 0.05) is 12.1 Å². The number of ether oxygens (including phenoxy) is 1. The minimum atomic E-state index is -4.46. The van der Waals surface area contributed by atoms with E-state index in [1.165, 1.54) is 18.2 Å². The number of tetrazole rings is 1. The molecule has 25 heavy (non-hydrogen) atoms. The van der Waals surface area contributed by atoms with E-state index in [1.807, 2.05) is 0 Å². The lowest BCUT2D eigenvalue weighted by atomic mass is 10.1. The van der Waals surface area contributed by atoms with Crippen LogP contribution < -0.4 is 4.74 Å². The van der Waals surface area contributed by atoms with Crippen molar-refractivity contribution in [2.24, 2.45) is 0 Å². The molecule has 0 amide bonds. The molecule has 8 nitrogen and oxygen atoms in total. The first-order valence-corrected chi connectivity index (χ1v) is 6.72. The Kier molecular flexibility index (Phi) is 4.05. The van der Waals surface area contributed by atoms with Crippen molar-refractivity contribution in [3.63, 3.8) is 0 Å². The molecule has 0 aliphatic heterocycles. The number of rotatable bonds is 4. The molecule has 0 fully saturated rings. The first-order chi connectivity index (χ1) is 11.8. The van der Waals surface area contributed by atoms with E-state index in [4.69, 9.17) is 4.74 Å². The summed E-state index contributed by atoms with van der Waals surface area (Å²) >= 11 is 0. The van der Waals surface area contributed by atoms with Gasteiger partial charge in [-0.15, -0.1) is 10.2 Å². The van der Waals surface area contributed by atoms with Crippen molar-refractivity contribution in [3.8, 4) is 22.9 Å². The van der Waals surface area contributed by atoms with Gasteiger partial charge in [0.25, 0.3) is 5.69 Å². The molecule has 0 aliphatic carbocycles. The molecule has 1 N–H and O–H groups in total. The fourth-order valence-electron chi connectivity index (χ4n) is 2.01. The molecule has 0 spiro atoms. The van der Waals surface area contributed by atoms with Crippen molar-refractivity contribution >= 4 is 5.69 Å². The van der Waals surface area contributed by atoms with E-state index < -0.39 is 16.7 Å². The van der Waals surface area contributed by atoms with E-state index in [0.29, 0.717) is 0 Å². The average molecular weight is 351 g/mol. The highest BCUT2D eigenvalue weighted by Crippen LogP contribution is 2.35. The van der Waals surface area contributed by atoms with Gasteiger partial charge in [-0.2, -0.15) is 18.4 Å². The van der Waals surface area contributed by atoms with E-state index in [2.05, 4.69) is 20.6 Å². The van der Waals surface area contributed by atoms with Gasteiger partial charge in [0.2, 0.25) is 5.82 Å². The lowest BCUT2D eigenvalue weighted by Crippen LogP contribution is -2.04. The molecule has 3 aromatic rings. The Balaban J connectivity index is 1.96. The largest absolute Gasteiger partial charge is 0.457 e. The van der Waals surface area contributed by atoms with Crippen LogP contribution in [0.3, 0.4) is 0 Å². The summed E-state index contributed by atoms with van der Waals surface area (Å²) in [6.07, 6.45) is -4.46. The fourth-order valence-corrected chi connectivity index (χ4v) is 2.01. The summed E-state index contributed by atoms with van der Waals surface area (Å²) in [4.78, 5) is 10.3. The third-order valence-corrected chi connectivity index (χ3v) is 3.17. The molecule has 1 heterocycles. The van der Waals surface area contributed by atoms with E-state index >= 15 is 0 Å². The predicted octanol–water partition coefficient (Wildman–Crippen LogP) is 3.59. The number of nitrogens with zero attached hydrogens (tertiary/aromatic N) is 4. The van der Waals surface area contributed by atoms with Crippen LogP contribution in [0.4, 0.5) is 18.9 Å². The zero-order chi connectivity index (χ0) is 18.0. The topological polar surface area (TPSA) is 107 Å². The molecular formula is C14H8F3N5O3. The van der Waals surface area contributed by atoms with Crippen LogP contribution in [0.25, 0.3) is 11.4 Å². The summed E-state index contributed by atoms with van der Waals surface area (Å²) in [5.74, 6) is 0.295. The van der Waals surface area contributed by atoms with Crippen LogP contribution >= 0.6 is 0 Å². The Morgan fingerprint density at radius 3 is 2.40 bits per heavy atom. The maximum Gasteiger partial charge on any atom is 0.416 e. The molecule has 0 bridgehead atoms. The summed E-state index contributed by atoms with van der Waals surface area (Å²) in [5.41, 5.74) is -0.871. The number of nitro groups is 1. The summed E-state index contributed by atoms with van der Waals surface area (Å²) in [6.45, 7) is 0. The number of non-ortho nitro benzene ring substituents is 1. The molecule has 11 heteroatoms.